The first-order valence-electron chi connectivity index (χ1n) is 6.89. The minimum Gasteiger partial charge on any atom is -0.384 e. The minimum absolute atomic E-state index is 0.0368. The molecule has 0 aliphatic heterocycles. The van der Waals surface area contributed by atoms with E-state index in [1.165, 1.54) is 0 Å². The van der Waals surface area contributed by atoms with Crippen LogP contribution in [-0.2, 0) is 11.3 Å². The van der Waals surface area contributed by atoms with Gasteiger partial charge in [-0.15, -0.1) is 0 Å². The van der Waals surface area contributed by atoms with Gasteiger partial charge in [0.15, 0.2) is 0 Å². The molecule has 0 fully saturated rings. The van der Waals surface area contributed by atoms with Crippen molar-refractivity contribution in [1.29, 1.82) is 0 Å². The van der Waals surface area contributed by atoms with Crippen LogP contribution in [0.5, 0.6) is 0 Å². The summed E-state index contributed by atoms with van der Waals surface area (Å²) in [4.78, 5) is 13.9. The first kappa shape index (κ1) is 16.3. The van der Waals surface area contributed by atoms with Crippen LogP contribution in [0.2, 0.25) is 0 Å². The topological polar surface area (TPSA) is 40.5 Å². The molecule has 0 saturated carbocycles. The maximum atomic E-state index is 12.2. The van der Waals surface area contributed by atoms with Crippen LogP contribution in [0.15, 0.2) is 24.3 Å². The third-order valence-electron chi connectivity index (χ3n) is 3.45. The van der Waals surface area contributed by atoms with E-state index in [2.05, 4.69) is 25.7 Å². The van der Waals surface area contributed by atoms with E-state index in [-0.39, 0.29) is 18.4 Å². The summed E-state index contributed by atoms with van der Waals surface area (Å²) in [5, 5.41) is 8.64. The van der Waals surface area contributed by atoms with Gasteiger partial charge in [0, 0.05) is 25.1 Å². The molecule has 108 valence electrons. The number of nitrogens with zero attached hydrogens (tertiary/aromatic N) is 1. The highest BCUT2D eigenvalue weighted by molar-refractivity contribution is 5.78. The van der Waals surface area contributed by atoms with Crippen molar-refractivity contribution in [2.45, 2.75) is 27.3 Å². The van der Waals surface area contributed by atoms with Crippen LogP contribution in [0, 0.1) is 23.7 Å². The van der Waals surface area contributed by atoms with Crippen molar-refractivity contribution in [2.24, 2.45) is 11.8 Å². The highest BCUT2D eigenvalue weighted by Crippen LogP contribution is 2.14. The van der Waals surface area contributed by atoms with Crippen molar-refractivity contribution in [2.75, 3.05) is 13.7 Å². The molecule has 1 unspecified atom stereocenters. The number of rotatable bonds is 4. The number of carbonyl (C=O) groups excluding carboxylic acids is 1. The Morgan fingerprint density at radius 3 is 2.35 bits per heavy atom. The highest BCUT2D eigenvalue weighted by Gasteiger charge is 2.20. The largest absolute Gasteiger partial charge is 0.384 e. The lowest BCUT2D eigenvalue weighted by Gasteiger charge is -2.23. The van der Waals surface area contributed by atoms with Crippen molar-refractivity contribution in [3.05, 3.63) is 35.4 Å². The van der Waals surface area contributed by atoms with Gasteiger partial charge in [0.1, 0.15) is 6.61 Å². The highest BCUT2D eigenvalue weighted by atomic mass is 16.2. The Kier molecular flexibility index (Phi) is 6.27. The van der Waals surface area contributed by atoms with E-state index in [0.717, 1.165) is 11.1 Å². The summed E-state index contributed by atoms with van der Waals surface area (Å²) < 4.78 is 0. The lowest BCUT2D eigenvalue weighted by atomic mass is 9.96. The molecule has 20 heavy (non-hydrogen) atoms. The number of amides is 1. The lowest BCUT2D eigenvalue weighted by molar-refractivity contribution is -0.135. The Morgan fingerprint density at radius 2 is 1.85 bits per heavy atom. The molecule has 3 nitrogen and oxygen atoms in total. The fraction of sp³-hybridized carbons (Fsp3) is 0.471. The molecule has 1 aromatic rings. The first-order chi connectivity index (χ1) is 9.45. The Bertz CT molecular complexity index is 494. The minimum atomic E-state index is -0.133. The SMILES string of the molecule is CC(C)C(C)C(=O)N(C)Cc1ccc(C#CCO)cc1. The van der Waals surface area contributed by atoms with E-state index >= 15 is 0 Å². The van der Waals surface area contributed by atoms with Gasteiger partial charge in [0.2, 0.25) is 5.91 Å². The van der Waals surface area contributed by atoms with E-state index in [0.29, 0.717) is 12.5 Å². The molecular formula is C17H23NO2. The molecule has 0 aliphatic carbocycles. The molecule has 0 aromatic heterocycles. The van der Waals surface area contributed by atoms with Crippen LogP contribution in [0.1, 0.15) is 31.9 Å². The van der Waals surface area contributed by atoms with Crippen LogP contribution >= 0.6 is 0 Å². The number of hydrogen-bond acceptors (Lipinski definition) is 2. The first-order valence-corrected chi connectivity index (χ1v) is 6.89. The van der Waals surface area contributed by atoms with Crippen LogP contribution in [-0.4, -0.2) is 29.6 Å². The summed E-state index contributed by atoms with van der Waals surface area (Å²) >= 11 is 0. The van der Waals surface area contributed by atoms with Gasteiger partial charge in [-0.25, -0.2) is 0 Å². The monoisotopic (exact) mass is 273 g/mol. The zero-order valence-electron chi connectivity index (χ0n) is 12.7. The molecule has 0 spiro atoms. The molecule has 0 aliphatic rings. The van der Waals surface area contributed by atoms with Gasteiger partial charge in [-0.05, 0) is 23.6 Å². The van der Waals surface area contributed by atoms with Crippen molar-refractivity contribution in [3.8, 4) is 11.8 Å². The molecule has 0 heterocycles. The fourth-order valence-corrected chi connectivity index (χ4v) is 1.82. The average Bonchev–Trinajstić information content (AvgIpc) is 2.44. The Labute approximate surface area is 121 Å². The molecule has 0 saturated heterocycles. The molecule has 1 atom stereocenters. The van der Waals surface area contributed by atoms with E-state index in [1.54, 1.807) is 4.90 Å². The Morgan fingerprint density at radius 1 is 1.25 bits per heavy atom. The van der Waals surface area contributed by atoms with Crippen molar-refractivity contribution >= 4 is 5.91 Å². The Balaban J connectivity index is 2.66. The number of aliphatic hydroxyl groups is 1. The molecule has 1 amide bonds. The van der Waals surface area contributed by atoms with Crippen molar-refractivity contribution in [1.82, 2.24) is 4.90 Å². The van der Waals surface area contributed by atoms with Crippen molar-refractivity contribution in [3.63, 3.8) is 0 Å². The van der Waals surface area contributed by atoms with Gasteiger partial charge in [-0.1, -0.05) is 44.7 Å². The van der Waals surface area contributed by atoms with Gasteiger partial charge in [-0.2, -0.15) is 0 Å². The number of carbonyl (C=O) groups is 1. The summed E-state index contributed by atoms with van der Waals surface area (Å²) in [6.07, 6.45) is 0. The normalized spacial score (nSPS) is 11.7. The maximum absolute atomic E-state index is 12.2. The second-order valence-corrected chi connectivity index (χ2v) is 5.38. The van der Waals surface area contributed by atoms with Gasteiger partial charge in [0.05, 0.1) is 0 Å². The van der Waals surface area contributed by atoms with E-state index in [1.807, 2.05) is 38.2 Å². The summed E-state index contributed by atoms with van der Waals surface area (Å²) in [7, 11) is 1.83. The third kappa shape index (κ3) is 4.71. The molecule has 1 rings (SSSR count). The zero-order valence-corrected chi connectivity index (χ0v) is 12.7. The molecular weight excluding hydrogens is 250 g/mol. The fourth-order valence-electron chi connectivity index (χ4n) is 1.82. The van der Waals surface area contributed by atoms with E-state index in [4.69, 9.17) is 5.11 Å². The maximum Gasteiger partial charge on any atom is 0.225 e. The van der Waals surface area contributed by atoms with Crippen LogP contribution in [0.4, 0.5) is 0 Å². The van der Waals surface area contributed by atoms with Gasteiger partial charge >= 0.3 is 0 Å². The van der Waals surface area contributed by atoms with Crippen molar-refractivity contribution < 1.29 is 9.90 Å². The molecule has 1 aromatic carbocycles. The van der Waals surface area contributed by atoms with Gasteiger partial charge in [0.25, 0.3) is 0 Å². The molecule has 1 N–H and O–H groups in total. The lowest BCUT2D eigenvalue weighted by Crippen LogP contribution is -2.33. The Hall–Kier alpha value is -1.79. The summed E-state index contributed by atoms with van der Waals surface area (Å²) in [5.74, 6) is 6.02. The summed E-state index contributed by atoms with van der Waals surface area (Å²) in [6, 6.07) is 7.74. The quantitative estimate of drug-likeness (QED) is 0.855. The third-order valence-corrected chi connectivity index (χ3v) is 3.45. The predicted molar refractivity (Wildman–Crippen MR) is 80.9 cm³/mol. The molecule has 0 radical (unpaired) electrons. The number of hydrogen-bond donors (Lipinski definition) is 1. The summed E-state index contributed by atoms with van der Waals surface area (Å²) in [6.45, 7) is 6.56. The standard InChI is InChI=1S/C17H23NO2/c1-13(2)14(3)17(20)18(4)12-16-9-7-15(8-10-16)6-5-11-19/h7-10,13-14,19H,11-12H2,1-4H3. The van der Waals surface area contributed by atoms with E-state index < -0.39 is 0 Å². The second-order valence-electron chi connectivity index (χ2n) is 5.38. The van der Waals surface area contributed by atoms with Crippen LogP contribution in [0.3, 0.4) is 0 Å². The number of aliphatic hydroxyl groups excluding tert-OH is 1. The summed E-state index contributed by atoms with van der Waals surface area (Å²) in [5.41, 5.74) is 1.94. The van der Waals surface area contributed by atoms with Crippen LogP contribution in [0.25, 0.3) is 0 Å². The molecule has 0 bridgehead atoms. The average molecular weight is 273 g/mol. The predicted octanol–water partition coefficient (Wildman–Crippen LogP) is 2.28. The van der Waals surface area contributed by atoms with Gasteiger partial charge in [-0.3, -0.25) is 4.79 Å². The zero-order chi connectivity index (χ0) is 15.1. The smallest absolute Gasteiger partial charge is 0.225 e. The second kappa shape index (κ2) is 7.72. The number of benzene rings is 1. The van der Waals surface area contributed by atoms with E-state index in [9.17, 15) is 4.79 Å². The molecule has 3 heteroatoms. The van der Waals surface area contributed by atoms with Crippen LogP contribution < -0.4 is 0 Å². The van der Waals surface area contributed by atoms with Gasteiger partial charge < -0.3 is 10.0 Å².